The fraction of sp³-hybridized carbons (Fsp3) is 0.625. The van der Waals surface area contributed by atoms with Crippen LogP contribution in [0.15, 0.2) is 18.2 Å². The lowest BCUT2D eigenvalue weighted by molar-refractivity contribution is 0.293. The number of nitrogens with one attached hydrogen (secondary N) is 1. The van der Waals surface area contributed by atoms with Crippen molar-refractivity contribution < 1.29 is 4.74 Å². The molecule has 2 atom stereocenters. The third-order valence-corrected chi connectivity index (χ3v) is 3.69. The summed E-state index contributed by atoms with van der Waals surface area (Å²) < 4.78 is 5.76. The number of hydrogen-bond acceptors (Lipinski definition) is 2. The van der Waals surface area contributed by atoms with Gasteiger partial charge >= 0.3 is 0 Å². The van der Waals surface area contributed by atoms with Crippen LogP contribution in [0.4, 0.5) is 0 Å². The van der Waals surface area contributed by atoms with Gasteiger partial charge in [0.15, 0.2) is 0 Å². The number of benzene rings is 1. The maximum Gasteiger partial charge on any atom is 0.124 e. The van der Waals surface area contributed by atoms with Crippen LogP contribution in [0.5, 0.6) is 5.75 Å². The van der Waals surface area contributed by atoms with Crippen molar-refractivity contribution in [2.24, 2.45) is 11.8 Å². The molecular formula is C16H27NO. The summed E-state index contributed by atoms with van der Waals surface area (Å²) in [4.78, 5) is 0. The normalized spacial score (nSPS) is 14.6. The molecule has 0 aromatic heterocycles. The first kappa shape index (κ1) is 15.0. The van der Waals surface area contributed by atoms with Crippen molar-refractivity contribution in [1.82, 2.24) is 5.32 Å². The molecule has 0 aliphatic rings. The Bertz CT molecular complexity index is 373. The van der Waals surface area contributed by atoms with E-state index >= 15 is 0 Å². The van der Waals surface area contributed by atoms with E-state index in [0.29, 0.717) is 24.5 Å². The molecule has 2 unspecified atom stereocenters. The molecule has 1 N–H and O–H groups in total. The van der Waals surface area contributed by atoms with Gasteiger partial charge in [-0.3, -0.25) is 0 Å². The lowest BCUT2D eigenvalue weighted by atomic mass is 9.85. The molecule has 0 aliphatic carbocycles. The van der Waals surface area contributed by atoms with Gasteiger partial charge < -0.3 is 10.1 Å². The van der Waals surface area contributed by atoms with Crippen molar-refractivity contribution in [2.45, 2.75) is 40.7 Å². The van der Waals surface area contributed by atoms with E-state index in [2.05, 4.69) is 51.2 Å². The summed E-state index contributed by atoms with van der Waals surface area (Å²) in [6.07, 6.45) is 0. The summed E-state index contributed by atoms with van der Waals surface area (Å²) in [7, 11) is 2.03. The van der Waals surface area contributed by atoms with Gasteiger partial charge in [-0.05, 0) is 38.8 Å². The fourth-order valence-corrected chi connectivity index (χ4v) is 2.28. The van der Waals surface area contributed by atoms with Gasteiger partial charge in [0.25, 0.3) is 0 Å². The molecule has 0 aliphatic heterocycles. The van der Waals surface area contributed by atoms with Crippen LogP contribution < -0.4 is 10.1 Å². The smallest absolute Gasteiger partial charge is 0.124 e. The molecule has 1 aromatic carbocycles. The largest absolute Gasteiger partial charge is 0.494 e. The second-order valence-corrected chi connectivity index (χ2v) is 5.34. The second kappa shape index (κ2) is 6.79. The highest BCUT2D eigenvalue weighted by Crippen LogP contribution is 2.34. The van der Waals surface area contributed by atoms with E-state index in [-0.39, 0.29) is 0 Å². The molecule has 0 spiro atoms. The Balaban J connectivity index is 3.13. The third-order valence-electron chi connectivity index (χ3n) is 3.69. The van der Waals surface area contributed by atoms with E-state index in [0.717, 1.165) is 5.75 Å². The van der Waals surface area contributed by atoms with Crippen molar-refractivity contribution in [2.75, 3.05) is 13.7 Å². The van der Waals surface area contributed by atoms with Crippen molar-refractivity contribution in [3.63, 3.8) is 0 Å². The molecule has 0 heterocycles. The van der Waals surface area contributed by atoms with Gasteiger partial charge in [0.05, 0.1) is 6.61 Å². The summed E-state index contributed by atoms with van der Waals surface area (Å²) >= 11 is 0. The van der Waals surface area contributed by atoms with Crippen LogP contribution in [0.1, 0.15) is 44.9 Å². The average molecular weight is 249 g/mol. The number of ether oxygens (including phenoxy) is 1. The molecule has 0 amide bonds. The molecule has 0 saturated carbocycles. The predicted molar refractivity (Wildman–Crippen MR) is 78.2 cm³/mol. The van der Waals surface area contributed by atoms with Gasteiger partial charge in [0.2, 0.25) is 0 Å². The summed E-state index contributed by atoms with van der Waals surface area (Å²) in [5.74, 6) is 2.21. The van der Waals surface area contributed by atoms with Gasteiger partial charge in [-0.2, -0.15) is 0 Å². The van der Waals surface area contributed by atoms with E-state index in [1.54, 1.807) is 0 Å². The number of rotatable bonds is 6. The molecule has 2 nitrogen and oxygen atoms in total. The van der Waals surface area contributed by atoms with Crippen molar-refractivity contribution in [1.29, 1.82) is 0 Å². The lowest BCUT2D eigenvalue weighted by Crippen LogP contribution is -2.27. The van der Waals surface area contributed by atoms with Crippen LogP contribution in [0.3, 0.4) is 0 Å². The topological polar surface area (TPSA) is 21.3 Å². The van der Waals surface area contributed by atoms with Gasteiger partial charge in [0, 0.05) is 11.6 Å². The molecule has 18 heavy (non-hydrogen) atoms. The molecule has 0 radical (unpaired) electrons. The van der Waals surface area contributed by atoms with Gasteiger partial charge in [0.1, 0.15) is 5.75 Å². The zero-order valence-electron chi connectivity index (χ0n) is 12.6. The highest BCUT2D eigenvalue weighted by Gasteiger charge is 2.23. The lowest BCUT2D eigenvalue weighted by Gasteiger charge is -2.28. The molecule has 102 valence electrons. The zero-order chi connectivity index (χ0) is 13.7. The first-order valence-corrected chi connectivity index (χ1v) is 6.91. The third kappa shape index (κ3) is 3.49. The minimum absolute atomic E-state index is 0.339. The van der Waals surface area contributed by atoms with Gasteiger partial charge in [-0.25, -0.2) is 0 Å². The Morgan fingerprint density at radius 3 is 2.39 bits per heavy atom. The van der Waals surface area contributed by atoms with Gasteiger partial charge in [-0.1, -0.05) is 38.5 Å². The SMILES string of the molecule is CCOc1ccc(C)cc1C(NC)C(C)C(C)C. The van der Waals surface area contributed by atoms with E-state index < -0.39 is 0 Å². The van der Waals surface area contributed by atoms with E-state index in [9.17, 15) is 0 Å². The van der Waals surface area contributed by atoms with Crippen LogP contribution in [0.2, 0.25) is 0 Å². The highest BCUT2D eigenvalue weighted by molar-refractivity contribution is 5.39. The number of hydrogen-bond donors (Lipinski definition) is 1. The maximum atomic E-state index is 5.76. The molecule has 2 heteroatoms. The summed E-state index contributed by atoms with van der Waals surface area (Å²) in [5, 5.41) is 3.45. The van der Waals surface area contributed by atoms with Crippen molar-refractivity contribution in [3.05, 3.63) is 29.3 Å². The minimum Gasteiger partial charge on any atom is -0.494 e. The van der Waals surface area contributed by atoms with Crippen LogP contribution in [-0.4, -0.2) is 13.7 Å². The molecular weight excluding hydrogens is 222 g/mol. The van der Waals surface area contributed by atoms with Crippen LogP contribution >= 0.6 is 0 Å². The Labute approximate surface area is 112 Å². The van der Waals surface area contributed by atoms with Crippen LogP contribution in [-0.2, 0) is 0 Å². The van der Waals surface area contributed by atoms with E-state index in [1.165, 1.54) is 11.1 Å². The Kier molecular flexibility index (Phi) is 5.67. The zero-order valence-corrected chi connectivity index (χ0v) is 12.6. The minimum atomic E-state index is 0.339. The molecule has 0 bridgehead atoms. The van der Waals surface area contributed by atoms with E-state index in [1.807, 2.05) is 14.0 Å². The highest BCUT2D eigenvalue weighted by atomic mass is 16.5. The molecule has 0 saturated heterocycles. The second-order valence-electron chi connectivity index (χ2n) is 5.34. The Morgan fingerprint density at radius 1 is 1.22 bits per heavy atom. The summed E-state index contributed by atoms with van der Waals surface area (Å²) in [6.45, 7) is 11.7. The standard InChI is InChI=1S/C16H27NO/c1-7-18-15-9-8-12(4)10-14(15)16(17-6)13(5)11(2)3/h8-11,13,16-17H,7H2,1-6H3. The monoisotopic (exact) mass is 249 g/mol. The molecule has 1 aromatic rings. The first-order chi connectivity index (χ1) is 8.51. The Hall–Kier alpha value is -1.02. The molecule has 0 fully saturated rings. The van der Waals surface area contributed by atoms with Gasteiger partial charge in [-0.15, -0.1) is 0 Å². The Morgan fingerprint density at radius 2 is 1.89 bits per heavy atom. The first-order valence-electron chi connectivity index (χ1n) is 6.91. The maximum absolute atomic E-state index is 5.76. The van der Waals surface area contributed by atoms with Crippen molar-refractivity contribution in [3.8, 4) is 5.75 Å². The average Bonchev–Trinajstić information content (AvgIpc) is 2.33. The van der Waals surface area contributed by atoms with Crippen LogP contribution in [0, 0.1) is 18.8 Å². The molecule has 1 rings (SSSR count). The quantitative estimate of drug-likeness (QED) is 0.824. The summed E-state index contributed by atoms with van der Waals surface area (Å²) in [5.41, 5.74) is 2.56. The predicted octanol–water partition coefficient (Wildman–Crippen LogP) is 3.95. The number of aryl methyl sites for hydroxylation is 1. The summed E-state index contributed by atoms with van der Waals surface area (Å²) in [6, 6.07) is 6.78. The fourth-order valence-electron chi connectivity index (χ4n) is 2.28. The van der Waals surface area contributed by atoms with Crippen molar-refractivity contribution >= 4 is 0 Å². The van der Waals surface area contributed by atoms with Crippen LogP contribution in [0.25, 0.3) is 0 Å². The van der Waals surface area contributed by atoms with E-state index in [4.69, 9.17) is 4.74 Å².